The fraction of sp³-hybridized carbons (Fsp3) is 0.900. The first-order valence-corrected chi connectivity index (χ1v) is 4.82. The first-order chi connectivity index (χ1) is 7.04. The van der Waals surface area contributed by atoms with Crippen LogP contribution in [0.5, 0.6) is 0 Å². The number of hydrogen-bond donors (Lipinski definition) is 1. The minimum atomic E-state index is -4.32. The Kier molecular flexibility index (Phi) is 4.77. The summed E-state index contributed by atoms with van der Waals surface area (Å²) in [5.41, 5.74) is -1.90. The highest BCUT2D eigenvalue weighted by Crippen LogP contribution is 2.24. The monoisotopic (exact) mass is 238 g/mol. The minimum absolute atomic E-state index is 0.170. The van der Waals surface area contributed by atoms with Gasteiger partial charge in [0.25, 0.3) is 0 Å². The average Bonchev–Trinajstić information content (AvgIpc) is 2.13. The van der Waals surface area contributed by atoms with Gasteiger partial charge in [-0.2, -0.15) is 18.4 Å². The Hall–Kier alpha value is -0.800. The van der Waals surface area contributed by atoms with Crippen molar-refractivity contribution in [2.75, 3.05) is 13.7 Å². The first kappa shape index (κ1) is 15.2. The third-order valence-electron chi connectivity index (χ3n) is 2.26. The van der Waals surface area contributed by atoms with Gasteiger partial charge in [-0.3, -0.25) is 5.32 Å². The molecule has 0 aromatic heterocycles. The van der Waals surface area contributed by atoms with Gasteiger partial charge in [0.05, 0.1) is 18.2 Å². The summed E-state index contributed by atoms with van der Waals surface area (Å²) in [5.74, 6) is 0. The number of rotatable bonds is 5. The molecule has 0 amide bonds. The van der Waals surface area contributed by atoms with Crippen LogP contribution in [0.3, 0.4) is 0 Å². The average molecular weight is 238 g/mol. The van der Waals surface area contributed by atoms with Crippen molar-refractivity contribution in [3.8, 4) is 6.07 Å². The Morgan fingerprint density at radius 1 is 1.25 bits per heavy atom. The van der Waals surface area contributed by atoms with E-state index in [1.165, 1.54) is 14.0 Å². The molecule has 0 rings (SSSR count). The van der Waals surface area contributed by atoms with Gasteiger partial charge >= 0.3 is 6.18 Å². The van der Waals surface area contributed by atoms with Crippen molar-refractivity contribution < 1.29 is 17.9 Å². The molecule has 3 nitrogen and oxygen atoms in total. The summed E-state index contributed by atoms with van der Waals surface area (Å²) in [6.07, 6.45) is -4.15. The maximum Gasteiger partial charge on any atom is 0.401 e. The second-order valence-corrected chi connectivity index (χ2v) is 4.55. The molecule has 0 heterocycles. The topological polar surface area (TPSA) is 45.0 Å². The summed E-state index contributed by atoms with van der Waals surface area (Å²) in [6, 6.07) is 1.85. The van der Waals surface area contributed by atoms with Crippen molar-refractivity contribution in [1.29, 1.82) is 5.26 Å². The lowest BCUT2D eigenvalue weighted by atomic mass is 9.89. The first-order valence-electron chi connectivity index (χ1n) is 4.82. The molecular formula is C10H17F3N2O. The molecule has 94 valence electrons. The molecule has 0 aliphatic carbocycles. The maximum absolute atomic E-state index is 12.0. The Bertz CT molecular complexity index is 270. The summed E-state index contributed by atoms with van der Waals surface area (Å²) in [6.45, 7) is 3.69. The third kappa shape index (κ3) is 5.93. The lowest BCUT2D eigenvalue weighted by Gasteiger charge is -2.32. The maximum atomic E-state index is 12.0. The fourth-order valence-electron chi connectivity index (χ4n) is 1.36. The fourth-order valence-corrected chi connectivity index (χ4v) is 1.36. The van der Waals surface area contributed by atoms with Crippen molar-refractivity contribution in [3.05, 3.63) is 0 Å². The van der Waals surface area contributed by atoms with E-state index in [-0.39, 0.29) is 6.42 Å². The van der Waals surface area contributed by atoms with Gasteiger partial charge in [0.1, 0.15) is 5.54 Å². The van der Waals surface area contributed by atoms with Gasteiger partial charge in [0, 0.05) is 13.5 Å². The van der Waals surface area contributed by atoms with Crippen LogP contribution in [-0.4, -0.2) is 31.0 Å². The lowest BCUT2D eigenvalue weighted by Crippen LogP contribution is -2.50. The zero-order valence-electron chi connectivity index (χ0n) is 9.90. The smallest absolute Gasteiger partial charge is 0.379 e. The molecule has 0 aromatic carbocycles. The van der Waals surface area contributed by atoms with Crippen molar-refractivity contribution >= 4 is 0 Å². The van der Waals surface area contributed by atoms with Gasteiger partial charge in [0.2, 0.25) is 0 Å². The predicted octanol–water partition coefficient (Wildman–Crippen LogP) is 2.24. The van der Waals surface area contributed by atoms with Gasteiger partial charge < -0.3 is 4.74 Å². The second-order valence-electron chi connectivity index (χ2n) is 4.55. The molecule has 1 N–H and O–H groups in total. The van der Waals surface area contributed by atoms with Crippen molar-refractivity contribution in [3.63, 3.8) is 0 Å². The standard InChI is InChI=1S/C10H17F3N2O/c1-8(2,16-4)5-9(3,6-14)15-7-10(11,12)13/h15H,5,7H2,1-4H3. The van der Waals surface area contributed by atoms with Crippen LogP contribution >= 0.6 is 0 Å². The number of nitrogens with zero attached hydrogens (tertiary/aromatic N) is 1. The van der Waals surface area contributed by atoms with E-state index in [9.17, 15) is 13.2 Å². The van der Waals surface area contributed by atoms with Crippen LogP contribution in [0.15, 0.2) is 0 Å². The molecule has 0 aromatic rings. The Morgan fingerprint density at radius 3 is 2.06 bits per heavy atom. The molecule has 0 fully saturated rings. The van der Waals surface area contributed by atoms with Crippen LogP contribution in [0.4, 0.5) is 13.2 Å². The van der Waals surface area contributed by atoms with E-state index in [1.54, 1.807) is 13.8 Å². The van der Waals surface area contributed by atoms with Gasteiger partial charge in [-0.25, -0.2) is 0 Å². The summed E-state index contributed by atoms with van der Waals surface area (Å²) >= 11 is 0. The van der Waals surface area contributed by atoms with Crippen LogP contribution < -0.4 is 5.32 Å². The van der Waals surface area contributed by atoms with Crippen LogP contribution in [0.2, 0.25) is 0 Å². The molecule has 0 aliphatic rings. The molecule has 16 heavy (non-hydrogen) atoms. The van der Waals surface area contributed by atoms with E-state index < -0.39 is 23.9 Å². The predicted molar refractivity (Wildman–Crippen MR) is 53.8 cm³/mol. The molecule has 0 bridgehead atoms. The van der Waals surface area contributed by atoms with E-state index in [4.69, 9.17) is 10.00 Å². The van der Waals surface area contributed by atoms with Crippen molar-refractivity contribution in [1.82, 2.24) is 5.32 Å². The molecule has 0 saturated heterocycles. The molecule has 1 unspecified atom stereocenters. The molecule has 0 aliphatic heterocycles. The Labute approximate surface area is 93.6 Å². The quantitative estimate of drug-likeness (QED) is 0.798. The highest BCUT2D eigenvalue weighted by Gasteiger charge is 2.36. The Morgan fingerprint density at radius 2 is 1.75 bits per heavy atom. The van der Waals surface area contributed by atoms with Gasteiger partial charge in [-0.05, 0) is 20.8 Å². The van der Waals surface area contributed by atoms with Gasteiger partial charge in [-0.1, -0.05) is 0 Å². The van der Waals surface area contributed by atoms with E-state index in [2.05, 4.69) is 5.32 Å². The summed E-state index contributed by atoms with van der Waals surface area (Å²) in [5, 5.41) is 11.1. The van der Waals surface area contributed by atoms with Gasteiger partial charge in [-0.15, -0.1) is 0 Å². The molecule has 1 atom stereocenters. The largest absolute Gasteiger partial charge is 0.401 e. The Balaban J connectivity index is 4.51. The number of methoxy groups -OCH3 is 1. The molecule has 0 radical (unpaired) electrons. The number of nitriles is 1. The number of alkyl halides is 3. The number of nitrogens with one attached hydrogen (secondary N) is 1. The minimum Gasteiger partial charge on any atom is -0.379 e. The number of ether oxygens (including phenoxy) is 1. The van der Waals surface area contributed by atoms with E-state index in [1.807, 2.05) is 6.07 Å². The normalized spacial score (nSPS) is 16.6. The SMILES string of the molecule is COC(C)(C)CC(C)(C#N)NCC(F)(F)F. The highest BCUT2D eigenvalue weighted by atomic mass is 19.4. The van der Waals surface area contributed by atoms with Crippen LogP contribution in [-0.2, 0) is 4.74 Å². The third-order valence-corrected chi connectivity index (χ3v) is 2.26. The summed E-state index contributed by atoms with van der Waals surface area (Å²) < 4.78 is 41.2. The lowest BCUT2D eigenvalue weighted by molar-refractivity contribution is -0.128. The van der Waals surface area contributed by atoms with Crippen molar-refractivity contribution in [2.45, 2.75) is 44.5 Å². The zero-order valence-corrected chi connectivity index (χ0v) is 9.90. The second kappa shape index (κ2) is 5.02. The highest BCUT2D eigenvalue weighted by molar-refractivity contribution is 5.06. The zero-order chi connectivity index (χ0) is 13.0. The summed E-state index contributed by atoms with van der Waals surface area (Å²) in [7, 11) is 1.46. The van der Waals surface area contributed by atoms with Crippen LogP contribution in [0.25, 0.3) is 0 Å². The van der Waals surface area contributed by atoms with Crippen LogP contribution in [0, 0.1) is 11.3 Å². The molecular weight excluding hydrogens is 221 g/mol. The molecule has 0 spiro atoms. The van der Waals surface area contributed by atoms with Crippen LogP contribution in [0.1, 0.15) is 27.2 Å². The number of halogens is 3. The summed E-state index contributed by atoms with van der Waals surface area (Å²) in [4.78, 5) is 0. The molecule has 0 saturated carbocycles. The van der Waals surface area contributed by atoms with Gasteiger partial charge in [0.15, 0.2) is 0 Å². The van der Waals surface area contributed by atoms with E-state index >= 15 is 0 Å². The van der Waals surface area contributed by atoms with E-state index in [0.717, 1.165) is 0 Å². The molecule has 6 heteroatoms. The number of hydrogen-bond acceptors (Lipinski definition) is 3. The van der Waals surface area contributed by atoms with Crippen molar-refractivity contribution in [2.24, 2.45) is 0 Å². The van der Waals surface area contributed by atoms with E-state index in [0.29, 0.717) is 0 Å².